The highest BCUT2D eigenvalue weighted by molar-refractivity contribution is 6.29. The Morgan fingerprint density at radius 3 is 2.73 bits per heavy atom. The molecular weight excluding hydrogens is 300 g/mol. The van der Waals surface area contributed by atoms with Gasteiger partial charge >= 0.3 is 0 Å². The Labute approximate surface area is 134 Å². The summed E-state index contributed by atoms with van der Waals surface area (Å²) < 4.78 is 5.75. The maximum Gasteiger partial charge on any atom is 0.256 e. The first-order valence-corrected chi connectivity index (χ1v) is 7.62. The van der Waals surface area contributed by atoms with Crippen LogP contribution < -0.4 is 0 Å². The highest BCUT2D eigenvalue weighted by Crippen LogP contribution is 2.27. The summed E-state index contributed by atoms with van der Waals surface area (Å²) >= 11 is 5.79. The molecule has 5 heteroatoms. The van der Waals surface area contributed by atoms with E-state index >= 15 is 0 Å². The molecule has 0 bridgehead atoms. The fourth-order valence-electron chi connectivity index (χ4n) is 2.65. The predicted molar refractivity (Wildman–Crippen MR) is 84.9 cm³/mol. The summed E-state index contributed by atoms with van der Waals surface area (Å²) in [7, 11) is 0. The Morgan fingerprint density at radius 1 is 1.27 bits per heavy atom. The number of carbonyl (C=O) groups is 1. The van der Waals surface area contributed by atoms with Gasteiger partial charge in [-0.1, -0.05) is 41.9 Å². The molecule has 1 saturated heterocycles. The lowest BCUT2D eigenvalue weighted by atomic mass is 10.0. The molecule has 1 aliphatic rings. The van der Waals surface area contributed by atoms with Crippen molar-refractivity contribution in [2.24, 2.45) is 0 Å². The molecule has 0 saturated carbocycles. The smallest absolute Gasteiger partial charge is 0.256 e. The summed E-state index contributed by atoms with van der Waals surface area (Å²) in [6.07, 6.45) is 1.54. The lowest BCUT2D eigenvalue weighted by Gasteiger charge is -2.39. The highest BCUT2D eigenvalue weighted by Gasteiger charge is 2.32. The second-order valence-electron chi connectivity index (χ2n) is 5.40. The van der Waals surface area contributed by atoms with Crippen LogP contribution in [0, 0.1) is 0 Å². The van der Waals surface area contributed by atoms with Crippen molar-refractivity contribution < 1.29 is 9.53 Å². The minimum absolute atomic E-state index is 0.0178. The molecule has 4 nitrogen and oxygen atoms in total. The third kappa shape index (κ3) is 3.13. The molecule has 2 atom stereocenters. The summed E-state index contributed by atoms with van der Waals surface area (Å²) in [5, 5.41) is 0.381. The summed E-state index contributed by atoms with van der Waals surface area (Å²) in [6, 6.07) is 13.2. The molecule has 0 unspecified atom stereocenters. The van der Waals surface area contributed by atoms with Crippen LogP contribution in [0.25, 0.3) is 0 Å². The molecule has 1 aromatic carbocycles. The van der Waals surface area contributed by atoms with Gasteiger partial charge in [-0.15, -0.1) is 0 Å². The Hall–Kier alpha value is -1.91. The standard InChI is InChI=1S/C17H17ClN2O2/c1-12-10-20(17(21)14-7-8-16(18)19-9-14)15(11-22-12)13-5-3-2-4-6-13/h2-9,12,15H,10-11H2,1H3/t12-,15+/m1/s1. The van der Waals surface area contributed by atoms with Gasteiger partial charge < -0.3 is 9.64 Å². The quantitative estimate of drug-likeness (QED) is 0.798. The van der Waals surface area contributed by atoms with E-state index in [1.165, 1.54) is 6.20 Å². The first-order valence-electron chi connectivity index (χ1n) is 7.24. The van der Waals surface area contributed by atoms with Gasteiger partial charge in [0.1, 0.15) is 5.15 Å². The summed E-state index contributed by atoms with van der Waals surface area (Å²) in [5.41, 5.74) is 1.61. The van der Waals surface area contributed by atoms with E-state index in [4.69, 9.17) is 16.3 Å². The van der Waals surface area contributed by atoms with Gasteiger partial charge in [0.2, 0.25) is 0 Å². The second-order valence-corrected chi connectivity index (χ2v) is 5.78. The van der Waals surface area contributed by atoms with Gasteiger partial charge in [0.05, 0.1) is 24.3 Å². The number of hydrogen-bond donors (Lipinski definition) is 0. The zero-order chi connectivity index (χ0) is 15.5. The van der Waals surface area contributed by atoms with Crippen LogP contribution in [-0.2, 0) is 4.74 Å². The molecule has 0 spiro atoms. The Bertz CT molecular complexity index is 645. The van der Waals surface area contributed by atoms with E-state index in [0.29, 0.717) is 23.9 Å². The fourth-order valence-corrected chi connectivity index (χ4v) is 2.76. The van der Waals surface area contributed by atoms with Crippen LogP contribution in [0.15, 0.2) is 48.7 Å². The van der Waals surface area contributed by atoms with Crippen LogP contribution in [0.5, 0.6) is 0 Å². The SMILES string of the molecule is C[C@@H]1CN(C(=O)c2ccc(Cl)nc2)[C@H](c2ccccc2)CO1. The van der Waals surface area contributed by atoms with Gasteiger partial charge in [0.15, 0.2) is 0 Å². The normalized spacial score (nSPS) is 21.6. The van der Waals surface area contributed by atoms with Crippen LogP contribution in [0.3, 0.4) is 0 Å². The van der Waals surface area contributed by atoms with Crippen LogP contribution in [-0.4, -0.2) is 35.0 Å². The zero-order valence-corrected chi connectivity index (χ0v) is 13.0. The number of aromatic nitrogens is 1. The highest BCUT2D eigenvalue weighted by atomic mass is 35.5. The van der Waals surface area contributed by atoms with E-state index in [0.717, 1.165) is 5.56 Å². The predicted octanol–water partition coefficient (Wildman–Crippen LogP) is 3.34. The first kappa shape index (κ1) is 15.0. The van der Waals surface area contributed by atoms with E-state index in [1.54, 1.807) is 12.1 Å². The third-order valence-corrected chi connectivity index (χ3v) is 4.01. The van der Waals surface area contributed by atoms with E-state index in [-0.39, 0.29) is 18.1 Å². The van der Waals surface area contributed by atoms with Gasteiger partial charge in [-0.3, -0.25) is 4.79 Å². The largest absolute Gasteiger partial charge is 0.374 e. The molecular formula is C17H17ClN2O2. The zero-order valence-electron chi connectivity index (χ0n) is 12.3. The Balaban J connectivity index is 1.90. The van der Waals surface area contributed by atoms with Crippen molar-refractivity contribution in [1.82, 2.24) is 9.88 Å². The number of hydrogen-bond acceptors (Lipinski definition) is 3. The molecule has 2 aromatic rings. The molecule has 1 aromatic heterocycles. The number of amides is 1. The average molecular weight is 317 g/mol. The van der Waals surface area contributed by atoms with Gasteiger partial charge in [0, 0.05) is 12.7 Å². The number of carbonyl (C=O) groups excluding carboxylic acids is 1. The van der Waals surface area contributed by atoms with Crippen molar-refractivity contribution in [3.63, 3.8) is 0 Å². The minimum atomic E-state index is -0.0828. The number of morpholine rings is 1. The molecule has 0 aliphatic carbocycles. The van der Waals surface area contributed by atoms with Crippen molar-refractivity contribution in [1.29, 1.82) is 0 Å². The molecule has 1 amide bonds. The maximum absolute atomic E-state index is 12.8. The topological polar surface area (TPSA) is 42.4 Å². The van der Waals surface area contributed by atoms with E-state index in [1.807, 2.05) is 42.2 Å². The van der Waals surface area contributed by atoms with Crippen LogP contribution in [0.2, 0.25) is 5.15 Å². The number of pyridine rings is 1. The molecule has 3 rings (SSSR count). The number of benzene rings is 1. The van der Waals surface area contributed by atoms with Crippen molar-refractivity contribution in [3.05, 3.63) is 64.9 Å². The first-order chi connectivity index (χ1) is 10.6. The summed E-state index contributed by atoms with van der Waals surface area (Å²) in [6.45, 7) is 3.03. The van der Waals surface area contributed by atoms with Crippen LogP contribution >= 0.6 is 11.6 Å². The molecule has 22 heavy (non-hydrogen) atoms. The molecule has 1 aliphatic heterocycles. The second kappa shape index (κ2) is 6.46. The van der Waals surface area contributed by atoms with Crippen molar-refractivity contribution in [2.45, 2.75) is 19.1 Å². The number of rotatable bonds is 2. The lowest BCUT2D eigenvalue weighted by molar-refractivity contribution is -0.0447. The van der Waals surface area contributed by atoms with E-state index in [2.05, 4.69) is 4.98 Å². The average Bonchev–Trinajstić information content (AvgIpc) is 2.55. The van der Waals surface area contributed by atoms with Gasteiger partial charge in [-0.25, -0.2) is 4.98 Å². The summed E-state index contributed by atoms with van der Waals surface area (Å²) in [4.78, 5) is 18.7. The van der Waals surface area contributed by atoms with Gasteiger partial charge in [-0.2, -0.15) is 0 Å². The van der Waals surface area contributed by atoms with Gasteiger partial charge in [0.25, 0.3) is 5.91 Å². The van der Waals surface area contributed by atoms with Gasteiger partial charge in [-0.05, 0) is 24.6 Å². The summed E-state index contributed by atoms with van der Waals surface area (Å²) in [5.74, 6) is -0.0480. The maximum atomic E-state index is 12.8. The monoisotopic (exact) mass is 316 g/mol. The Morgan fingerprint density at radius 2 is 2.05 bits per heavy atom. The fraction of sp³-hybridized carbons (Fsp3) is 0.294. The number of nitrogens with zero attached hydrogens (tertiary/aromatic N) is 2. The van der Waals surface area contributed by atoms with E-state index in [9.17, 15) is 4.79 Å². The third-order valence-electron chi connectivity index (χ3n) is 3.79. The number of ether oxygens (including phenoxy) is 1. The Kier molecular flexibility index (Phi) is 4.41. The molecule has 0 N–H and O–H groups in total. The van der Waals surface area contributed by atoms with Crippen LogP contribution in [0.4, 0.5) is 0 Å². The molecule has 114 valence electrons. The lowest BCUT2D eigenvalue weighted by Crippen LogP contribution is -2.46. The molecule has 1 fully saturated rings. The molecule has 0 radical (unpaired) electrons. The number of halogens is 1. The molecule has 2 heterocycles. The van der Waals surface area contributed by atoms with Crippen LogP contribution in [0.1, 0.15) is 28.9 Å². The van der Waals surface area contributed by atoms with Crippen molar-refractivity contribution in [3.8, 4) is 0 Å². The van der Waals surface area contributed by atoms with Crippen molar-refractivity contribution in [2.75, 3.05) is 13.2 Å². The minimum Gasteiger partial charge on any atom is -0.374 e. The van der Waals surface area contributed by atoms with E-state index < -0.39 is 0 Å². The van der Waals surface area contributed by atoms with Crippen molar-refractivity contribution >= 4 is 17.5 Å².